The number of carbonyl (C=O) groups excluding carboxylic acids is 1. The van der Waals surface area contributed by atoms with E-state index in [0.717, 1.165) is 5.65 Å². The van der Waals surface area contributed by atoms with Crippen molar-refractivity contribution >= 4 is 11.6 Å². The summed E-state index contributed by atoms with van der Waals surface area (Å²) >= 11 is 0. The molecule has 0 aliphatic carbocycles. The van der Waals surface area contributed by atoms with Crippen LogP contribution in [0.15, 0.2) is 54.9 Å². The van der Waals surface area contributed by atoms with Gasteiger partial charge in [-0.3, -0.25) is 9.20 Å². The van der Waals surface area contributed by atoms with E-state index >= 15 is 0 Å². The van der Waals surface area contributed by atoms with Crippen LogP contribution in [0.5, 0.6) is 5.75 Å². The number of pyridine rings is 1. The van der Waals surface area contributed by atoms with E-state index in [1.807, 2.05) is 24.4 Å². The van der Waals surface area contributed by atoms with Gasteiger partial charge in [0.25, 0.3) is 5.91 Å². The molecule has 1 aliphatic heterocycles. The maximum atomic E-state index is 12.6. The van der Waals surface area contributed by atoms with E-state index in [1.165, 1.54) is 0 Å². The fourth-order valence-corrected chi connectivity index (χ4v) is 2.73. The highest BCUT2D eigenvalue weighted by Gasteiger charge is 2.34. The zero-order valence-electron chi connectivity index (χ0n) is 12.8. The third-order valence-corrected chi connectivity index (χ3v) is 4.06. The topological polar surface area (TPSA) is 70.6 Å². The van der Waals surface area contributed by atoms with Crippen LogP contribution in [0.1, 0.15) is 16.1 Å². The molecule has 118 valence electrons. The smallest absolute Gasteiger partial charge is 0.272 e. The molecule has 1 amide bonds. The Hall–Kier alpha value is -3.33. The highest BCUT2D eigenvalue weighted by molar-refractivity contribution is 5.93. The van der Waals surface area contributed by atoms with Crippen LogP contribution in [0.25, 0.3) is 5.65 Å². The number of hydrogen-bond donors (Lipinski definition) is 0. The number of hydrogen-bond acceptors (Lipinski definition) is 4. The lowest BCUT2D eigenvalue weighted by molar-refractivity contribution is 0.0172. The Morgan fingerprint density at radius 2 is 2.00 bits per heavy atom. The molecule has 1 aliphatic rings. The van der Waals surface area contributed by atoms with E-state index in [0.29, 0.717) is 30.1 Å². The Labute approximate surface area is 138 Å². The maximum Gasteiger partial charge on any atom is 0.272 e. The van der Waals surface area contributed by atoms with Crippen molar-refractivity contribution in [1.29, 1.82) is 5.26 Å². The summed E-state index contributed by atoms with van der Waals surface area (Å²) in [6.45, 7) is 1.08. The Bertz CT molecular complexity index is 934. The second kappa shape index (κ2) is 5.70. The lowest BCUT2D eigenvalue weighted by Crippen LogP contribution is -2.56. The second-order valence-corrected chi connectivity index (χ2v) is 5.66. The number of carbonyl (C=O) groups is 1. The number of nitriles is 1. The molecule has 0 bridgehead atoms. The first-order valence-corrected chi connectivity index (χ1v) is 7.63. The highest BCUT2D eigenvalue weighted by atomic mass is 16.5. The zero-order chi connectivity index (χ0) is 16.5. The molecule has 0 radical (unpaired) electrons. The van der Waals surface area contributed by atoms with Gasteiger partial charge in [0.2, 0.25) is 0 Å². The minimum atomic E-state index is -0.0478. The summed E-state index contributed by atoms with van der Waals surface area (Å²) in [7, 11) is 0. The van der Waals surface area contributed by atoms with Crippen molar-refractivity contribution in [3.8, 4) is 11.8 Å². The van der Waals surface area contributed by atoms with E-state index in [4.69, 9.17) is 10.00 Å². The third kappa shape index (κ3) is 2.46. The lowest BCUT2D eigenvalue weighted by atomic mass is 10.1. The maximum absolute atomic E-state index is 12.6. The summed E-state index contributed by atoms with van der Waals surface area (Å²) in [5.41, 5.74) is 1.91. The Morgan fingerprint density at radius 3 is 2.75 bits per heavy atom. The monoisotopic (exact) mass is 318 g/mol. The van der Waals surface area contributed by atoms with E-state index in [1.54, 1.807) is 39.8 Å². The standard InChI is InChI=1S/C18H14N4O2/c19-9-13-4-6-14(7-5-13)24-15-11-21(12-15)18(23)16-10-20-17-3-1-2-8-22(16)17/h1-8,10,15H,11-12H2. The molecule has 0 N–H and O–H groups in total. The summed E-state index contributed by atoms with van der Waals surface area (Å²) in [5.74, 6) is 0.661. The molecule has 1 aromatic carbocycles. The Morgan fingerprint density at radius 1 is 1.21 bits per heavy atom. The number of ether oxygens (including phenoxy) is 1. The van der Waals surface area contributed by atoms with Crippen LogP contribution in [0.4, 0.5) is 0 Å². The number of fused-ring (bicyclic) bond motifs is 1. The van der Waals surface area contributed by atoms with Crippen molar-refractivity contribution in [3.63, 3.8) is 0 Å². The van der Waals surface area contributed by atoms with E-state index < -0.39 is 0 Å². The number of amides is 1. The summed E-state index contributed by atoms with van der Waals surface area (Å²) in [5, 5.41) is 8.79. The van der Waals surface area contributed by atoms with Crippen LogP contribution < -0.4 is 4.74 Å². The van der Waals surface area contributed by atoms with Gasteiger partial charge < -0.3 is 9.64 Å². The number of benzene rings is 1. The van der Waals surface area contributed by atoms with Crippen molar-refractivity contribution < 1.29 is 9.53 Å². The molecule has 6 nitrogen and oxygen atoms in total. The predicted octanol–water partition coefficient (Wildman–Crippen LogP) is 2.11. The first-order valence-electron chi connectivity index (χ1n) is 7.63. The van der Waals surface area contributed by atoms with Crippen molar-refractivity contribution in [2.24, 2.45) is 0 Å². The van der Waals surface area contributed by atoms with Gasteiger partial charge >= 0.3 is 0 Å². The normalized spacial score (nSPS) is 14.2. The molecule has 0 unspecified atom stereocenters. The molecular weight excluding hydrogens is 304 g/mol. The fourth-order valence-electron chi connectivity index (χ4n) is 2.73. The molecule has 0 atom stereocenters. The van der Waals surface area contributed by atoms with Crippen molar-refractivity contribution in [1.82, 2.24) is 14.3 Å². The predicted molar refractivity (Wildman–Crippen MR) is 86.7 cm³/mol. The van der Waals surface area contributed by atoms with Gasteiger partial charge in [0, 0.05) is 6.20 Å². The minimum Gasteiger partial charge on any atom is -0.487 e. The van der Waals surface area contributed by atoms with Crippen LogP contribution >= 0.6 is 0 Å². The summed E-state index contributed by atoms with van der Waals surface area (Å²) in [6.07, 6.45) is 3.41. The van der Waals surface area contributed by atoms with Crippen molar-refractivity contribution in [2.75, 3.05) is 13.1 Å². The first kappa shape index (κ1) is 14.3. The number of rotatable bonds is 3. The number of nitrogens with zero attached hydrogens (tertiary/aromatic N) is 4. The Kier molecular flexibility index (Phi) is 3.39. The summed E-state index contributed by atoms with van der Waals surface area (Å²) < 4.78 is 7.60. The molecule has 2 aromatic heterocycles. The van der Waals surface area contributed by atoms with Crippen LogP contribution in [-0.4, -0.2) is 39.4 Å². The Balaban J connectivity index is 1.40. The molecule has 3 aromatic rings. The van der Waals surface area contributed by atoms with Gasteiger partial charge in [0.15, 0.2) is 0 Å². The molecule has 0 spiro atoms. The summed E-state index contributed by atoms with van der Waals surface area (Å²) in [6, 6.07) is 14.7. The third-order valence-electron chi connectivity index (χ3n) is 4.06. The fraction of sp³-hybridized carbons (Fsp3) is 0.167. The first-order chi connectivity index (χ1) is 11.7. The van der Waals surface area contributed by atoms with Gasteiger partial charge in [0.05, 0.1) is 30.9 Å². The number of likely N-dealkylation sites (tertiary alicyclic amines) is 1. The molecule has 4 rings (SSSR count). The van der Waals surface area contributed by atoms with Crippen molar-refractivity contribution in [3.05, 3.63) is 66.1 Å². The van der Waals surface area contributed by atoms with E-state index in [2.05, 4.69) is 11.1 Å². The average Bonchev–Trinajstić information content (AvgIpc) is 3.02. The largest absolute Gasteiger partial charge is 0.487 e. The second-order valence-electron chi connectivity index (χ2n) is 5.66. The highest BCUT2D eigenvalue weighted by Crippen LogP contribution is 2.20. The average molecular weight is 318 g/mol. The molecule has 3 heterocycles. The van der Waals surface area contributed by atoms with Gasteiger partial charge in [0.1, 0.15) is 23.2 Å². The van der Waals surface area contributed by atoms with E-state index in [9.17, 15) is 4.79 Å². The van der Waals surface area contributed by atoms with Gasteiger partial charge in [-0.15, -0.1) is 0 Å². The van der Waals surface area contributed by atoms with Crippen molar-refractivity contribution in [2.45, 2.75) is 6.10 Å². The molecule has 24 heavy (non-hydrogen) atoms. The van der Waals surface area contributed by atoms with Gasteiger partial charge in [-0.2, -0.15) is 5.26 Å². The zero-order valence-corrected chi connectivity index (χ0v) is 12.8. The molecule has 1 fully saturated rings. The number of imidazole rings is 1. The van der Waals surface area contributed by atoms with Crippen LogP contribution in [0, 0.1) is 11.3 Å². The molecule has 0 saturated carbocycles. The minimum absolute atomic E-state index is 0.0268. The quantitative estimate of drug-likeness (QED) is 0.741. The molecular formula is C18H14N4O2. The van der Waals surface area contributed by atoms with Gasteiger partial charge in [-0.05, 0) is 36.4 Å². The SMILES string of the molecule is N#Cc1ccc(OC2CN(C(=O)c3cnc4ccccn34)C2)cc1. The van der Waals surface area contributed by atoms with Gasteiger partial charge in [-0.25, -0.2) is 4.98 Å². The van der Waals surface area contributed by atoms with Gasteiger partial charge in [-0.1, -0.05) is 6.07 Å². The summed E-state index contributed by atoms with van der Waals surface area (Å²) in [4.78, 5) is 18.5. The molecule has 1 saturated heterocycles. The lowest BCUT2D eigenvalue weighted by Gasteiger charge is -2.38. The molecule has 6 heteroatoms. The van der Waals surface area contributed by atoms with Crippen LogP contribution in [0.2, 0.25) is 0 Å². The van der Waals surface area contributed by atoms with Crippen LogP contribution in [0.3, 0.4) is 0 Å². The van der Waals surface area contributed by atoms with E-state index in [-0.39, 0.29) is 12.0 Å². The van der Waals surface area contributed by atoms with Crippen LogP contribution in [-0.2, 0) is 0 Å². The number of aromatic nitrogens is 2.